The van der Waals surface area contributed by atoms with Crippen LogP contribution in [0.2, 0.25) is 0 Å². The van der Waals surface area contributed by atoms with Crippen molar-refractivity contribution in [3.05, 3.63) is 59.9 Å². The molecule has 0 spiro atoms. The second kappa shape index (κ2) is 11.2. The molecule has 2 N–H and O–H groups in total. The fraction of sp³-hybridized carbons (Fsp3) is 0.273. The Morgan fingerprint density at radius 1 is 1.03 bits per heavy atom. The molecule has 0 atom stereocenters. The highest BCUT2D eigenvalue weighted by atomic mass is 32.2. The van der Waals surface area contributed by atoms with Crippen LogP contribution < -0.4 is 20.1 Å². The van der Waals surface area contributed by atoms with Gasteiger partial charge in [-0.1, -0.05) is 23.9 Å². The molecule has 0 unspecified atom stereocenters. The van der Waals surface area contributed by atoms with Crippen molar-refractivity contribution in [2.75, 3.05) is 25.3 Å². The maximum absolute atomic E-state index is 12.4. The Bertz CT molecular complexity index is 1090. The molecule has 0 radical (unpaired) electrons. The minimum absolute atomic E-state index is 0.165. The first kappa shape index (κ1) is 23.1. The number of rotatable bonds is 10. The fourth-order valence-electron chi connectivity index (χ4n) is 2.93. The van der Waals surface area contributed by atoms with Crippen LogP contribution in [0.25, 0.3) is 0 Å². The summed E-state index contributed by atoms with van der Waals surface area (Å²) in [6.45, 7) is 2.78. The molecule has 0 aliphatic heterocycles. The van der Waals surface area contributed by atoms with Crippen molar-refractivity contribution in [1.82, 2.24) is 20.1 Å². The van der Waals surface area contributed by atoms with Crippen LogP contribution in [0.5, 0.6) is 11.5 Å². The highest BCUT2D eigenvalue weighted by Crippen LogP contribution is 2.20. The molecule has 0 bridgehead atoms. The van der Waals surface area contributed by atoms with E-state index in [2.05, 4.69) is 20.8 Å². The van der Waals surface area contributed by atoms with Gasteiger partial charge in [-0.05, 0) is 37.3 Å². The lowest BCUT2D eigenvalue weighted by atomic mass is 10.2. The van der Waals surface area contributed by atoms with Gasteiger partial charge in [0.1, 0.15) is 11.5 Å². The van der Waals surface area contributed by atoms with Crippen LogP contribution in [0.4, 0.5) is 5.69 Å². The second-order valence-corrected chi connectivity index (χ2v) is 7.57. The average molecular weight is 456 g/mol. The Morgan fingerprint density at radius 3 is 2.47 bits per heavy atom. The predicted molar refractivity (Wildman–Crippen MR) is 122 cm³/mol. The standard InChI is InChI=1S/C22H25N5O4S/c1-4-27-19(13-23-21(29)15-7-5-9-17(11-15)30-2)25-26-22(27)32-14-20(28)24-16-8-6-10-18(12-16)31-3/h5-12H,4,13-14H2,1-3H3,(H,23,29)(H,24,28). The van der Waals surface area contributed by atoms with E-state index in [1.165, 1.54) is 11.8 Å². The predicted octanol–water partition coefficient (Wildman–Crippen LogP) is 2.98. The van der Waals surface area contributed by atoms with Gasteiger partial charge in [0.25, 0.3) is 5.91 Å². The highest BCUT2D eigenvalue weighted by molar-refractivity contribution is 7.99. The van der Waals surface area contributed by atoms with Crippen LogP contribution in [-0.4, -0.2) is 46.6 Å². The van der Waals surface area contributed by atoms with Gasteiger partial charge in [-0.3, -0.25) is 9.59 Å². The average Bonchev–Trinajstić information content (AvgIpc) is 3.23. The third kappa shape index (κ3) is 6.01. The van der Waals surface area contributed by atoms with E-state index in [9.17, 15) is 9.59 Å². The maximum atomic E-state index is 12.4. The minimum Gasteiger partial charge on any atom is -0.497 e. The molecular formula is C22H25N5O4S. The molecule has 168 valence electrons. The summed E-state index contributed by atoms with van der Waals surface area (Å²) in [4.78, 5) is 24.8. The third-order valence-electron chi connectivity index (χ3n) is 4.53. The van der Waals surface area contributed by atoms with Crippen molar-refractivity contribution in [3.8, 4) is 11.5 Å². The number of aromatic nitrogens is 3. The van der Waals surface area contributed by atoms with Crippen LogP contribution in [-0.2, 0) is 17.9 Å². The maximum Gasteiger partial charge on any atom is 0.251 e. The van der Waals surface area contributed by atoms with E-state index in [-0.39, 0.29) is 24.1 Å². The number of amides is 2. The number of nitrogens with one attached hydrogen (secondary N) is 2. The fourth-order valence-corrected chi connectivity index (χ4v) is 3.75. The first-order valence-electron chi connectivity index (χ1n) is 9.95. The van der Waals surface area contributed by atoms with Gasteiger partial charge < -0.3 is 24.7 Å². The van der Waals surface area contributed by atoms with Crippen molar-refractivity contribution in [2.45, 2.75) is 25.2 Å². The number of carbonyl (C=O) groups excluding carboxylic acids is 2. The van der Waals surface area contributed by atoms with E-state index in [0.717, 1.165) is 0 Å². The van der Waals surface area contributed by atoms with Crippen molar-refractivity contribution in [3.63, 3.8) is 0 Å². The van der Waals surface area contributed by atoms with Gasteiger partial charge in [0.2, 0.25) is 5.91 Å². The van der Waals surface area contributed by atoms with Crippen LogP contribution in [0, 0.1) is 0 Å². The smallest absolute Gasteiger partial charge is 0.251 e. The number of anilines is 1. The molecular weight excluding hydrogens is 430 g/mol. The highest BCUT2D eigenvalue weighted by Gasteiger charge is 2.15. The second-order valence-electron chi connectivity index (χ2n) is 6.63. The van der Waals surface area contributed by atoms with Gasteiger partial charge in [-0.25, -0.2) is 0 Å². The number of ether oxygens (including phenoxy) is 2. The van der Waals surface area contributed by atoms with E-state index in [1.807, 2.05) is 17.6 Å². The monoisotopic (exact) mass is 455 g/mol. The summed E-state index contributed by atoms with van der Waals surface area (Å²) in [6.07, 6.45) is 0. The normalized spacial score (nSPS) is 10.5. The van der Waals surface area contributed by atoms with Crippen LogP contribution in [0.1, 0.15) is 23.1 Å². The van der Waals surface area contributed by atoms with E-state index in [0.29, 0.717) is 40.3 Å². The molecule has 3 aromatic rings. The zero-order chi connectivity index (χ0) is 22.9. The van der Waals surface area contributed by atoms with E-state index < -0.39 is 0 Å². The molecule has 1 heterocycles. The molecule has 2 aromatic carbocycles. The van der Waals surface area contributed by atoms with Crippen molar-refractivity contribution in [1.29, 1.82) is 0 Å². The molecule has 0 saturated carbocycles. The number of thioether (sulfide) groups is 1. The Hall–Kier alpha value is -3.53. The molecule has 9 nitrogen and oxygen atoms in total. The molecule has 10 heteroatoms. The van der Waals surface area contributed by atoms with Crippen molar-refractivity contribution in [2.24, 2.45) is 0 Å². The van der Waals surface area contributed by atoms with Crippen LogP contribution in [0.15, 0.2) is 53.7 Å². The Balaban J connectivity index is 1.56. The summed E-state index contributed by atoms with van der Waals surface area (Å²) in [6, 6.07) is 14.1. The van der Waals surface area contributed by atoms with Crippen LogP contribution >= 0.6 is 11.8 Å². The largest absolute Gasteiger partial charge is 0.497 e. The van der Waals surface area contributed by atoms with Gasteiger partial charge >= 0.3 is 0 Å². The quantitative estimate of drug-likeness (QED) is 0.453. The van der Waals surface area contributed by atoms with Gasteiger partial charge in [-0.2, -0.15) is 0 Å². The molecule has 32 heavy (non-hydrogen) atoms. The number of benzene rings is 2. The lowest BCUT2D eigenvalue weighted by molar-refractivity contribution is -0.113. The number of carbonyl (C=O) groups is 2. The molecule has 3 rings (SSSR count). The molecule has 2 amide bonds. The minimum atomic E-state index is -0.235. The van der Waals surface area contributed by atoms with E-state index >= 15 is 0 Å². The van der Waals surface area contributed by atoms with Crippen LogP contribution in [0.3, 0.4) is 0 Å². The molecule has 0 aliphatic rings. The summed E-state index contributed by atoms with van der Waals surface area (Å²) in [5.41, 5.74) is 1.16. The zero-order valence-corrected chi connectivity index (χ0v) is 18.9. The summed E-state index contributed by atoms with van der Waals surface area (Å²) in [5.74, 6) is 1.66. The summed E-state index contributed by atoms with van der Waals surface area (Å²) < 4.78 is 12.2. The lowest BCUT2D eigenvalue weighted by Gasteiger charge is -2.09. The van der Waals surface area contributed by atoms with Crippen molar-refractivity contribution >= 4 is 29.3 Å². The van der Waals surface area contributed by atoms with E-state index in [1.54, 1.807) is 56.7 Å². The molecule has 0 fully saturated rings. The summed E-state index contributed by atoms with van der Waals surface area (Å²) in [5, 5.41) is 14.6. The molecule has 0 aliphatic carbocycles. The Labute approximate surface area is 190 Å². The first-order valence-corrected chi connectivity index (χ1v) is 10.9. The topological polar surface area (TPSA) is 107 Å². The summed E-state index contributed by atoms with van der Waals surface area (Å²) >= 11 is 1.28. The number of hydrogen-bond acceptors (Lipinski definition) is 7. The first-order chi connectivity index (χ1) is 15.5. The molecule has 0 saturated heterocycles. The van der Waals surface area contributed by atoms with Crippen molar-refractivity contribution < 1.29 is 19.1 Å². The third-order valence-corrected chi connectivity index (χ3v) is 5.50. The number of methoxy groups -OCH3 is 2. The Morgan fingerprint density at radius 2 is 1.75 bits per heavy atom. The van der Waals surface area contributed by atoms with Gasteiger partial charge in [0.05, 0.1) is 26.5 Å². The summed E-state index contributed by atoms with van der Waals surface area (Å²) in [7, 11) is 3.13. The SMILES string of the molecule is CCn1c(CNC(=O)c2cccc(OC)c2)nnc1SCC(=O)Nc1cccc(OC)c1. The van der Waals surface area contributed by atoms with Gasteiger partial charge in [-0.15, -0.1) is 10.2 Å². The zero-order valence-electron chi connectivity index (χ0n) is 18.1. The van der Waals surface area contributed by atoms with Gasteiger partial charge in [0, 0.05) is 23.9 Å². The van der Waals surface area contributed by atoms with E-state index in [4.69, 9.17) is 9.47 Å². The number of hydrogen-bond donors (Lipinski definition) is 2. The lowest BCUT2D eigenvalue weighted by Crippen LogP contribution is -2.24. The number of nitrogens with zero attached hydrogens (tertiary/aromatic N) is 3. The van der Waals surface area contributed by atoms with Gasteiger partial charge in [0.15, 0.2) is 11.0 Å². The Kier molecular flexibility index (Phi) is 8.09. The molecule has 1 aromatic heterocycles.